The summed E-state index contributed by atoms with van der Waals surface area (Å²) in [6, 6.07) is 0. The van der Waals surface area contributed by atoms with Crippen molar-refractivity contribution in [1.29, 1.82) is 0 Å². The Hall–Kier alpha value is 2.75. The van der Waals surface area contributed by atoms with Gasteiger partial charge >= 0.3 is 29.6 Å². The minimum absolute atomic E-state index is 0. The quantitative estimate of drug-likeness (QED) is 0.153. The summed E-state index contributed by atoms with van der Waals surface area (Å²) < 4.78 is -0.722. The van der Waals surface area contributed by atoms with E-state index in [1.807, 2.05) is 0 Å². The molecule has 0 aliphatic rings. The van der Waals surface area contributed by atoms with Gasteiger partial charge in [0.2, 0.25) is 0 Å². The maximum atomic E-state index is 3.72. The Morgan fingerprint density at radius 1 is 0.857 bits per heavy atom. The molecule has 6 heteroatoms. The van der Waals surface area contributed by atoms with Crippen LogP contribution in [0.2, 0.25) is 0 Å². The summed E-state index contributed by atoms with van der Waals surface area (Å²) in [5.41, 5.74) is 0. The molecule has 0 radical (unpaired) electrons. The van der Waals surface area contributed by atoms with Crippen molar-refractivity contribution in [3.8, 4) is 0 Å². The number of hydrogen-bond acceptors (Lipinski definition) is 5. The first kappa shape index (κ1) is 16.4. The Morgan fingerprint density at radius 2 is 0.857 bits per heavy atom. The molecule has 0 unspecified atom stereocenters. The first-order chi connectivity index (χ1) is 2.00. The fraction of sp³-hybridized carbons (Fsp3) is 1.00. The average Bonchev–Trinajstić information content (AvgIpc) is 0.722. The molecule has 7 heavy (non-hydrogen) atoms. The van der Waals surface area contributed by atoms with E-state index in [0.29, 0.717) is 0 Å². The molecular formula is CH5NaS5. The number of thiol groups is 5. The van der Waals surface area contributed by atoms with Gasteiger partial charge in [-0.05, 0) is 0 Å². The van der Waals surface area contributed by atoms with Gasteiger partial charge in [0.15, 0.2) is 0 Å². The van der Waals surface area contributed by atoms with E-state index in [4.69, 9.17) is 0 Å². The van der Waals surface area contributed by atoms with Gasteiger partial charge in [-0.3, -0.25) is 0 Å². The van der Waals surface area contributed by atoms with E-state index in [1.165, 1.54) is 0 Å². The van der Waals surface area contributed by atoms with Gasteiger partial charge < -0.3 is 13.5 Å². The van der Waals surface area contributed by atoms with E-state index in [2.05, 4.69) is 50.5 Å². The molecule has 0 aromatic carbocycles. The van der Waals surface area contributed by atoms with Crippen molar-refractivity contribution in [2.75, 3.05) is 0 Å². The van der Waals surface area contributed by atoms with Gasteiger partial charge in [-0.25, -0.2) is 0 Å². The van der Waals surface area contributed by atoms with Crippen molar-refractivity contribution in [1.82, 2.24) is 0 Å². The standard InChI is InChI=1S/CH4S4.Na.H2S/c2-1(3,4)5;;/h2-5H;;1H2/q;+1;/p-1. The van der Waals surface area contributed by atoms with Crippen LogP contribution in [0.5, 0.6) is 0 Å². The van der Waals surface area contributed by atoms with Crippen LogP contribution in [0.15, 0.2) is 0 Å². The molecule has 0 nitrogen and oxygen atoms in total. The van der Waals surface area contributed by atoms with Crippen molar-refractivity contribution >= 4 is 64.0 Å². The van der Waals surface area contributed by atoms with E-state index in [1.54, 1.807) is 0 Å². The molecule has 0 saturated heterocycles. The van der Waals surface area contributed by atoms with E-state index < -0.39 is 2.74 Å². The third-order valence-corrected chi connectivity index (χ3v) is 0. The Balaban J connectivity index is -0.0000000800. The molecule has 0 fully saturated rings. The topological polar surface area (TPSA) is 0 Å². The maximum Gasteiger partial charge on any atom is 1.00 e. The molecule has 0 rings (SSSR count). The van der Waals surface area contributed by atoms with Gasteiger partial charge in [0, 0.05) is 0 Å². The van der Waals surface area contributed by atoms with Crippen molar-refractivity contribution in [3.05, 3.63) is 0 Å². The molecule has 0 aliphatic carbocycles. The van der Waals surface area contributed by atoms with E-state index in [0.717, 1.165) is 0 Å². The largest absolute Gasteiger partial charge is 1.00 e. The van der Waals surface area contributed by atoms with E-state index in [9.17, 15) is 0 Å². The van der Waals surface area contributed by atoms with Crippen LogP contribution in [0.3, 0.4) is 0 Å². The summed E-state index contributed by atoms with van der Waals surface area (Å²) >= 11 is 14.9. The molecule has 0 aromatic heterocycles. The predicted octanol–water partition coefficient (Wildman–Crippen LogP) is -1.95. The summed E-state index contributed by atoms with van der Waals surface area (Å²) in [5, 5.41) is 0. The normalized spacial score (nSPS) is 8.57. The second kappa shape index (κ2) is 6.86. The fourth-order valence-electron chi connectivity index (χ4n) is 0. The summed E-state index contributed by atoms with van der Waals surface area (Å²) in [6.07, 6.45) is 0. The maximum absolute atomic E-state index is 3.72. The van der Waals surface area contributed by atoms with Crippen LogP contribution >= 0.6 is 50.5 Å². The first-order valence-electron chi connectivity index (χ1n) is 0.894. The molecule has 0 atom stereocenters. The Labute approximate surface area is 95.0 Å². The third-order valence-electron chi connectivity index (χ3n) is 0. The second-order valence-corrected chi connectivity index (χ2v) is 5.40. The van der Waals surface area contributed by atoms with Gasteiger partial charge in [0.25, 0.3) is 0 Å². The van der Waals surface area contributed by atoms with Crippen molar-refractivity contribution in [3.63, 3.8) is 0 Å². The molecule has 0 spiro atoms. The molecule has 40 valence electrons. The second-order valence-electron chi connectivity index (χ2n) is 0.600. The Bertz CT molecular complexity index is 23.6. The zero-order chi connectivity index (χ0) is 4.50. The summed E-state index contributed by atoms with van der Waals surface area (Å²) in [7, 11) is 0. The molecular weight excluding hydrogens is 195 g/mol. The zero-order valence-corrected chi connectivity index (χ0v) is 10.2. The zero-order valence-electron chi connectivity index (χ0n) is 3.74. The van der Waals surface area contributed by atoms with Crippen LogP contribution in [0.1, 0.15) is 0 Å². The minimum atomic E-state index is -0.722. The predicted molar refractivity (Wildman–Crippen MR) is 47.4 cm³/mol. The van der Waals surface area contributed by atoms with E-state index in [-0.39, 0.29) is 43.1 Å². The van der Waals surface area contributed by atoms with Gasteiger partial charge in [-0.15, -0.1) is 50.5 Å². The van der Waals surface area contributed by atoms with Gasteiger partial charge in [-0.1, -0.05) is 0 Å². The van der Waals surface area contributed by atoms with Crippen LogP contribution < -0.4 is 29.6 Å². The van der Waals surface area contributed by atoms with Gasteiger partial charge in [0.1, 0.15) is 2.74 Å². The van der Waals surface area contributed by atoms with E-state index >= 15 is 0 Å². The smallest absolute Gasteiger partial charge is 0.813 e. The Morgan fingerprint density at radius 3 is 0.857 bits per heavy atom. The van der Waals surface area contributed by atoms with Crippen molar-refractivity contribution in [2.45, 2.75) is 2.74 Å². The number of rotatable bonds is 0. The van der Waals surface area contributed by atoms with Crippen LogP contribution in [-0.4, -0.2) is 2.74 Å². The third kappa shape index (κ3) is 52.7. The van der Waals surface area contributed by atoms with Crippen LogP contribution in [0, 0.1) is 0 Å². The van der Waals surface area contributed by atoms with Gasteiger partial charge in [0.05, 0.1) is 0 Å². The molecule has 0 aliphatic heterocycles. The summed E-state index contributed by atoms with van der Waals surface area (Å²) in [4.78, 5) is 0. The molecule has 0 N–H and O–H groups in total. The van der Waals surface area contributed by atoms with Crippen molar-refractivity contribution in [2.24, 2.45) is 0 Å². The molecule has 0 aromatic rings. The van der Waals surface area contributed by atoms with Gasteiger partial charge in [-0.2, -0.15) is 0 Å². The fourth-order valence-corrected chi connectivity index (χ4v) is 0. The Kier molecular flexibility index (Phi) is 16.1. The number of hydrogen-bond donors (Lipinski definition) is 4. The van der Waals surface area contributed by atoms with Crippen molar-refractivity contribution < 1.29 is 29.6 Å². The van der Waals surface area contributed by atoms with Crippen LogP contribution in [-0.2, 0) is 13.5 Å². The van der Waals surface area contributed by atoms with Crippen LogP contribution in [0.4, 0.5) is 0 Å². The summed E-state index contributed by atoms with van der Waals surface area (Å²) in [6.45, 7) is 0. The van der Waals surface area contributed by atoms with Crippen LogP contribution in [0.25, 0.3) is 0 Å². The average molecular weight is 200 g/mol. The molecule has 0 bridgehead atoms. The minimum Gasteiger partial charge on any atom is -0.813 e. The molecule has 0 saturated carbocycles. The SMILES string of the molecule is SC(S)(S)S.[Na+].[SH-]. The summed E-state index contributed by atoms with van der Waals surface area (Å²) in [5.74, 6) is 0. The molecule has 0 amide bonds. The monoisotopic (exact) mass is 200 g/mol. The molecule has 0 heterocycles. The first-order valence-corrected chi connectivity index (χ1v) is 2.68.